The van der Waals surface area contributed by atoms with Gasteiger partial charge in [-0.2, -0.15) is 0 Å². The number of carbonyl (C=O) groups is 3. The highest BCUT2D eigenvalue weighted by molar-refractivity contribution is 7.33. The summed E-state index contributed by atoms with van der Waals surface area (Å²) in [6.07, 6.45) is 1.04. The molecule has 0 saturated carbocycles. The molecule has 2 amide bonds. The number of benzene rings is 1. The van der Waals surface area contributed by atoms with E-state index in [0.717, 1.165) is 12.8 Å². The molecule has 9 nitrogen and oxygen atoms in total. The van der Waals surface area contributed by atoms with Crippen LogP contribution in [-0.2, 0) is 23.2 Å². The quantitative estimate of drug-likeness (QED) is 0.401. The van der Waals surface area contributed by atoms with Gasteiger partial charge in [-0.05, 0) is 44.7 Å². The van der Waals surface area contributed by atoms with Crippen LogP contribution in [0.1, 0.15) is 56.3 Å². The second-order valence-corrected chi connectivity index (χ2v) is 8.10. The Morgan fingerprint density at radius 3 is 2.60 bits per heavy atom. The fourth-order valence-electron chi connectivity index (χ4n) is 3.23. The van der Waals surface area contributed by atoms with Crippen LogP contribution in [0.5, 0.6) is 0 Å². The van der Waals surface area contributed by atoms with E-state index in [4.69, 9.17) is 9.05 Å². The van der Waals surface area contributed by atoms with Crippen LogP contribution in [0.15, 0.2) is 30.3 Å². The van der Waals surface area contributed by atoms with E-state index in [2.05, 4.69) is 5.32 Å². The van der Waals surface area contributed by atoms with Crippen LogP contribution in [0.25, 0.3) is 0 Å². The molecule has 1 aromatic carbocycles. The maximum absolute atomic E-state index is 12.5. The number of hydrogen-bond donors (Lipinski definition) is 2. The van der Waals surface area contributed by atoms with Crippen molar-refractivity contribution in [2.24, 2.45) is 0 Å². The number of hydrogen-bond acceptors (Lipinski definition) is 6. The number of aliphatic carboxylic acids is 1. The van der Waals surface area contributed by atoms with Crippen molar-refractivity contribution >= 4 is 26.0 Å². The lowest BCUT2D eigenvalue weighted by molar-refractivity contribution is -0.151. The molecule has 1 aliphatic heterocycles. The SMILES string of the molecule is CCCC[C@@H](NC(=O)c1ccccc1)O[PH](=O)OC(C)C(=O)N1CCC[C@H]1C(=O)O. The van der Waals surface area contributed by atoms with Gasteiger partial charge in [0.2, 0.25) is 0 Å². The van der Waals surface area contributed by atoms with Crippen LogP contribution in [0.2, 0.25) is 0 Å². The number of carboxylic acids is 1. The largest absolute Gasteiger partial charge is 0.480 e. The summed E-state index contributed by atoms with van der Waals surface area (Å²) in [4.78, 5) is 37.4. The standard InChI is InChI=1S/C20H29N2O7P/c1-3-4-12-17(21-18(23)15-9-6-5-7-10-15)29-30(27)28-14(2)19(24)22-13-8-11-16(22)20(25)26/h5-7,9-10,14,16-17,30H,3-4,8,11-13H2,1-2H3,(H,21,23)(H,25,26)/t14?,16-,17-/m0/s1. The van der Waals surface area contributed by atoms with Crippen LogP contribution in [0.3, 0.4) is 0 Å². The second-order valence-electron chi connectivity index (χ2n) is 7.13. The monoisotopic (exact) mass is 440 g/mol. The van der Waals surface area contributed by atoms with Crippen LogP contribution >= 0.6 is 8.25 Å². The Kier molecular flexibility index (Phi) is 9.49. The first kappa shape index (κ1) is 24.1. The highest BCUT2D eigenvalue weighted by atomic mass is 31.1. The van der Waals surface area contributed by atoms with E-state index in [0.29, 0.717) is 31.4 Å². The minimum Gasteiger partial charge on any atom is -0.480 e. The highest BCUT2D eigenvalue weighted by Gasteiger charge is 2.36. The molecule has 1 aliphatic rings. The summed E-state index contributed by atoms with van der Waals surface area (Å²) in [6, 6.07) is 7.68. The number of carbonyl (C=O) groups excluding carboxylic acids is 2. The third-order valence-corrected chi connectivity index (χ3v) is 5.85. The third-order valence-electron chi connectivity index (χ3n) is 4.83. The summed E-state index contributed by atoms with van der Waals surface area (Å²) in [5, 5.41) is 11.9. The van der Waals surface area contributed by atoms with Gasteiger partial charge in [-0.3, -0.25) is 23.2 Å². The van der Waals surface area contributed by atoms with Crippen LogP contribution < -0.4 is 5.32 Å². The lowest BCUT2D eigenvalue weighted by Crippen LogP contribution is -2.45. The van der Waals surface area contributed by atoms with Gasteiger partial charge >= 0.3 is 14.2 Å². The molecule has 1 heterocycles. The predicted molar refractivity (Wildman–Crippen MR) is 110 cm³/mol. The lowest BCUT2D eigenvalue weighted by Gasteiger charge is -2.25. The number of likely N-dealkylation sites (tertiary alicyclic amines) is 1. The normalized spacial score (nSPS) is 19.1. The Morgan fingerprint density at radius 2 is 1.97 bits per heavy atom. The Labute approximate surface area is 176 Å². The molecule has 0 aliphatic carbocycles. The smallest absolute Gasteiger partial charge is 0.326 e. The molecule has 1 aromatic rings. The van der Waals surface area contributed by atoms with Gasteiger partial charge in [0, 0.05) is 12.1 Å². The number of nitrogens with zero attached hydrogens (tertiary/aromatic N) is 1. The van der Waals surface area contributed by atoms with Crippen molar-refractivity contribution in [3.05, 3.63) is 35.9 Å². The molecule has 0 radical (unpaired) electrons. The zero-order chi connectivity index (χ0) is 22.1. The van der Waals surface area contributed by atoms with Gasteiger partial charge in [0.15, 0.2) is 0 Å². The van der Waals surface area contributed by atoms with E-state index in [9.17, 15) is 24.1 Å². The minimum atomic E-state index is -3.11. The highest BCUT2D eigenvalue weighted by Crippen LogP contribution is 2.30. The number of carboxylic acid groups (broad SMARTS) is 1. The van der Waals surface area contributed by atoms with E-state index >= 15 is 0 Å². The van der Waals surface area contributed by atoms with E-state index < -0.39 is 38.5 Å². The van der Waals surface area contributed by atoms with Crippen LogP contribution in [0, 0.1) is 0 Å². The Bertz CT molecular complexity index is 759. The lowest BCUT2D eigenvalue weighted by atomic mass is 10.2. The van der Waals surface area contributed by atoms with Crippen molar-refractivity contribution in [2.75, 3.05) is 6.54 Å². The first-order valence-electron chi connectivity index (χ1n) is 10.1. The average Bonchev–Trinajstić information content (AvgIpc) is 3.22. The van der Waals surface area contributed by atoms with Crippen molar-refractivity contribution < 1.29 is 33.1 Å². The maximum atomic E-state index is 12.5. The average molecular weight is 440 g/mol. The number of rotatable bonds is 11. The summed E-state index contributed by atoms with van der Waals surface area (Å²) < 4.78 is 23.0. The van der Waals surface area contributed by atoms with Crippen molar-refractivity contribution in [3.8, 4) is 0 Å². The summed E-state index contributed by atoms with van der Waals surface area (Å²) in [7, 11) is -3.11. The van der Waals surface area contributed by atoms with Gasteiger partial charge < -0.3 is 15.3 Å². The Morgan fingerprint density at radius 1 is 1.27 bits per heavy atom. The summed E-state index contributed by atoms with van der Waals surface area (Å²) in [5.74, 6) is -1.97. The Balaban J connectivity index is 1.93. The van der Waals surface area contributed by atoms with Crippen molar-refractivity contribution in [1.29, 1.82) is 0 Å². The first-order chi connectivity index (χ1) is 14.3. The minimum absolute atomic E-state index is 0.317. The molecule has 2 rings (SSSR count). The number of amides is 2. The molecule has 10 heteroatoms. The van der Waals surface area contributed by atoms with E-state index in [1.165, 1.54) is 11.8 Å². The molecule has 4 atom stereocenters. The molecule has 166 valence electrons. The molecule has 2 N–H and O–H groups in total. The molecule has 0 aromatic heterocycles. The van der Waals surface area contributed by atoms with Crippen LogP contribution in [0.4, 0.5) is 0 Å². The van der Waals surface area contributed by atoms with Crippen molar-refractivity contribution in [3.63, 3.8) is 0 Å². The first-order valence-corrected chi connectivity index (χ1v) is 11.3. The second kappa shape index (κ2) is 11.8. The molecule has 2 unspecified atom stereocenters. The van der Waals surface area contributed by atoms with Crippen molar-refractivity contribution in [2.45, 2.75) is 64.3 Å². The predicted octanol–water partition coefficient (Wildman–Crippen LogP) is 2.82. The number of unbranched alkanes of at least 4 members (excludes halogenated alkanes) is 1. The maximum Gasteiger partial charge on any atom is 0.326 e. The fraction of sp³-hybridized carbons (Fsp3) is 0.550. The zero-order valence-corrected chi connectivity index (χ0v) is 18.2. The van der Waals surface area contributed by atoms with Gasteiger partial charge in [0.05, 0.1) is 0 Å². The zero-order valence-electron chi connectivity index (χ0n) is 17.2. The third kappa shape index (κ3) is 6.93. The molecule has 1 fully saturated rings. The molecular weight excluding hydrogens is 411 g/mol. The molecule has 0 spiro atoms. The van der Waals surface area contributed by atoms with Crippen LogP contribution in [-0.4, -0.2) is 52.7 Å². The topological polar surface area (TPSA) is 122 Å². The van der Waals surface area contributed by atoms with E-state index in [1.54, 1.807) is 30.3 Å². The van der Waals surface area contributed by atoms with Crippen molar-refractivity contribution in [1.82, 2.24) is 10.2 Å². The summed E-state index contributed by atoms with van der Waals surface area (Å²) in [6.45, 7) is 3.71. The fourth-order valence-corrected chi connectivity index (χ4v) is 4.08. The Hall–Kier alpha value is -2.22. The van der Waals surface area contributed by atoms with Gasteiger partial charge in [0.25, 0.3) is 11.8 Å². The van der Waals surface area contributed by atoms with Gasteiger partial charge in [-0.25, -0.2) is 4.79 Å². The summed E-state index contributed by atoms with van der Waals surface area (Å²) >= 11 is 0. The molecule has 30 heavy (non-hydrogen) atoms. The van der Waals surface area contributed by atoms with E-state index in [-0.39, 0.29) is 5.91 Å². The molecular formula is C20H29N2O7P. The van der Waals surface area contributed by atoms with Gasteiger partial charge in [-0.15, -0.1) is 0 Å². The summed E-state index contributed by atoms with van der Waals surface area (Å²) in [5.41, 5.74) is 0.445. The molecule has 0 bridgehead atoms. The van der Waals surface area contributed by atoms with E-state index in [1.807, 2.05) is 6.92 Å². The number of nitrogens with one attached hydrogen (secondary N) is 1. The van der Waals surface area contributed by atoms with Gasteiger partial charge in [0.1, 0.15) is 18.4 Å². The van der Waals surface area contributed by atoms with Gasteiger partial charge in [-0.1, -0.05) is 31.5 Å². The molecule has 1 saturated heterocycles.